The number of benzene rings is 1. The number of hydrogen-bond donors (Lipinski definition) is 1. The molecule has 1 aliphatic rings. The Bertz CT molecular complexity index is 494. The van der Waals surface area contributed by atoms with Crippen molar-refractivity contribution < 1.29 is 18.3 Å². The van der Waals surface area contributed by atoms with Crippen LogP contribution in [-0.4, -0.2) is 32.2 Å². The van der Waals surface area contributed by atoms with Gasteiger partial charge in [-0.15, -0.1) is 0 Å². The van der Waals surface area contributed by atoms with Crippen molar-refractivity contribution in [1.29, 1.82) is 0 Å². The van der Waals surface area contributed by atoms with Crippen molar-refractivity contribution in [2.75, 3.05) is 25.1 Å². The number of methoxy groups -OCH3 is 1. The number of nitrogens with zero attached hydrogens (tertiary/aromatic N) is 1. The van der Waals surface area contributed by atoms with Crippen molar-refractivity contribution in [3.63, 3.8) is 0 Å². The van der Waals surface area contributed by atoms with Gasteiger partial charge >= 0.3 is 5.97 Å². The summed E-state index contributed by atoms with van der Waals surface area (Å²) >= 11 is 0. The van der Waals surface area contributed by atoms with E-state index in [9.17, 15) is 13.6 Å². The lowest BCUT2D eigenvalue weighted by Gasteiger charge is -2.26. The van der Waals surface area contributed by atoms with Crippen molar-refractivity contribution in [2.45, 2.75) is 18.9 Å². The number of nitrogens with two attached hydrogens (primary N) is 1. The van der Waals surface area contributed by atoms with Gasteiger partial charge in [0.05, 0.1) is 18.4 Å². The van der Waals surface area contributed by atoms with E-state index in [2.05, 4.69) is 4.74 Å². The van der Waals surface area contributed by atoms with Crippen LogP contribution in [0.4, 0.5) is 14.5 Å². The normalized spacial score (nSPS) is 18.7. The molecule has 1 unspecified atom stereocenters. The van der Waals surface area contributed by atoms with Crippen molar-refractivity contribution in [3.05, 3.63) is 29.3 Å². The molecule has 0 bridgehead atoms. The minimum Gasteiger partial charge on any atom is -0.465 e. The number of esters is 1. The summed E-state index contributed by atoms with van der Waals surface area (Å²) < 4.78 is 32.3. The van der Waals surface area contributed by atoms with Crippen LogP contribution < -0.4 is 10.6 Å². The van der Waals surface area contributed by atoms with Crippen molar-refractivity contribution >= 4 is 11.7 Å². The Morgan fingerprint density at radius 1 is 1.47 bits per heavy atom. The summed E-state index contributed by atoms with van der Waals surface area (Å²) in [6.45, 7) is 1.02. The zero-order chi connectivity index (χ0) is 14.0. The average Bonchev–Trinajstić information content (AvgIpc) is 2.89. The summed E-state index contributed by atoms with van der Waals surface area (Å²) in [5.41, 5.74) is 5.37. The number of carbonyl (C=O) groups is 1. The molecule has 0 spiro atoms. The first-order valence-electron chi connectivity index (χ1n) is 6.13. The predicted molar refractivity (Wildman–Crippen MR) is 67.1 cm³/mol. The third-order valence-corrected chi connectivity index (χ3v) is 3.43. The highest BCUT2D eigenvalue weighted by Gasteiger charge is 2.28. The molecule has 0 radical (unpaired) electrons. The van der Waals surface area contributed by atoms with Crippen LogP contribution in [-0.2, 0) is 4.74 Å². The number of ether oxygens (including phenoxy) is 1. The minimum atomic E-state index is -1.17. The summed E-state index contributed by atoms with van der Waals surface area (Å²) in [5, 5.41) is 0. The van der Waals surface area contributed by atoms with Crippen LogP contribution in [0.5, 0.6) is 0 Å². The zero-order valence-corrected chi connectivity index (χ0v) is 10.7. The highest BCUT2D eigenvalue weighted by Crippen LogP contribution is 2.30. The Hall–Kier alpha value is -1.69. The van der Waals surface area contributed by atoms with E-state index in [1.54, 1.807) is 4.90 Å². The Morgan fingerprint density at radius 2 is 2.21 bits per heavy atom. The smallest absolute Gasteiger partial charge is 0.340 e. The Kier molecular flexibility index (Phi) is 3.99. The van der Waals surface area contributed by atoms with Crippen LogP contribution in [0.25, 0.3) is 0 Å². The lowest BCUT2D eigenvalue weighted by atomic mass is 10.1. The van der Waals surface area contributed by atoms with E-state index in [-0.39, 0.29) is 11.7 Å². The summed E-state index contributed by atoms with van der Waals surface area (Å²) in [6.07, 6.45) is 1.75. The van der Waals surface area contributed by atoms with Gasteiger partial charge < -0.3 is 15.4 Å². The number of halogens is 2. The van der Waals surface area contributed by atoms with Gasteiger partial charge in [-0.25, -0.2) is 13.6 Å². The second-order valence-corrected chi connectivity index (χ2v) is 4.48. The van der Waals surface area contributed by atoms with Gasteiger partial charge in [0.25, 0.3) is 0 Å². The van der Waals surface area contributed by atoms with Gasteiger partial charge in [-0.05, 0) is 25.0 Å². The molecule has 2 rings (SSSR count). The van der Waals surface area contributed by atoms with E-state index in [0.717, 1.165) is 20.0 Å². The standard InChI is InChI=1S/C13H16F2N2O2/c1-19-13(18)9-4-5-10(12(15)11(9)14)17-6-2-3-8(17)7-16/h4-5,8H,2-3,6-7,16H2,1H3. The molecule has 1 aliphatic heterocycles. The van der Waals surface area contributed by atoms with Crippen LogP contribution in [0, 0.1) is 11.6 Å². The summed E-state index contributed by atoms with van der Waals surface area (Å²) in [5.74, 6) is -3.09. The van der Waals surface area contributed by atoms with E-state index < -0.39 is 23.2 Å². The molecule has 1 aromatic carbocycles. The molecular weight excluding hydrogens is 254 g/mol. The first-order valence-corrected chi connectivity index (χ1v) is 6.13. The highest BCUT2D eigenvalue weighted by molar-refractivity contribution is 5.90. The monoisotopic (exact) mass is 270 g/mol. The molecule has 4 nitrogen and oxygen atoms in total. The quantitative estimate of drug-likeness (QED) is 0.849. The first-order chi connectivity index (χ1) is 9.10. The fourth-order valence-corrected chi connectivity index (χ4v) is 2.43. The largest absolute Gasteiger partial charge is 0.465 e. The summed E-state index contributed by atoms with van der Waals surface area (Å²) in [7, 11) is 1.12. The van der Waals surface area contributed by atoms with Crippen LogP contribution >= 0.6 is 0 Å². The number of anilines is 1. The van der Waals surface area contributed by atoms with Crippen LogP contribution in [0.2, 0.25) is 0 Å². The molecule has 0 saturated carbocycles. The van der Waals surface area contributed by atoms with Gasteiger partial charge in [0.1, 0.15) is 0 Å². The molecule has 2 N–H and O–H groups in total. The van der Waals surface area contributed by atoms with Crippen molar-refractivity contribution in [2.24, 2.45) is 5.73 Å². The molecule has 1 fully saturated rings. The molecule has 0 aromatic heterocycles. The van der Waals surface area contributed by atoms with Crippen LogP contribution in [0.1, 0.15) is 23.2 Å². The average molecular weight is 270 g/mol. The van der Waals surface area contributed by atoms with E-state index in [1.165, 1.54) is 12.1 Å². The SMILES string of the molecule is COC(=O)c1ccc(N2CCCC2CN)c(F)c1F. The molecule has 0 amide bonds. The number of carbonyl (C=O) groups excluding carboxylic acids is 1. The topological polar surface area (TPSA) is 55.6 Å². The number of hydrogen-bond acceptors (Lipinski definition) is 4. The third kappa shape index (κ3) is 2.40. The molecule has 1 aromatic rings. The van der Waals surface area contributed by atoms with Crippen molar-refractivity contribution in [1.82, 2.24) is 0 Å². The maximum absolute atomic E-state index is 14.1. The molecule has 0 aliphatic carbocycles. The first kappa shape index (κ1) is 13.7. The fraction of sp³-hybridized carbons (Fsp3) is 0.462. The van der Waals surface area contributed by atoms with Gasteiger partial charge in [0, 0.05) is 19.1 Å². The summed E-state index contributed by atoms with van der Waals surface area (Å²) in [6, 6.07) is 2.65. The molecule has 6 heteroatoms. The van der Waals surface area contributed by atoms with Gasteiger partial charge in [-0.3, -0.25) is 0 Å². The number of rotatable bonds is 3. The van der Waals surface area contributed by atoms with E-state index in [0.29, 0.717) is 13.1 Å². The molecule has 1 saturated heterocycles. The van der Waals surface area contributed by atoms with Gasteiger partial charge in [-0.2, -0.15) is 0 Å². The maximum atomic E-state index is 14.1. The molecule has 19 heavy (non-hydrogen) atoms. The van der Waals surface area contributed by atoms with E-state index in [4.69, 9.17) is 5.73 Å². The predicted octanol–water partition coefficient (Wildman–Crippen LogP) is 1.68. The lowest BCUT2D eigenvalue weighted by Crippen LogP contribution is -2.36. The Morgan fingerprint density at radius 3 is 2.84 bits per heavy atom. The molecule has 1 atom stereocenters. The van der Waals surface area contributed by atoms with E-state index >= 15 is 0 Å². The van der Waals surface area contributed by atoms with Gasteiger partial charge in [-0.1, -0.05) is 0 Å². The second-order valence-electron chi connectivity index (χ2n) is 4.48. The van der Waals surface area contributed by atoms with Crippen LogP contribution in [0.3, 0.4) is 0 Å². The molecular formula is C13H16F2N2O2. The maximum Gasteiger partial charge on any atom is 0.340 e. The molecule has 104 valence electrons. The Labute approximate surface area is 110 Å². The zero-order valence-electron chi connectivity index (χ0n) is 10.7. The van der Waals surface area contributed by atoms with Gasteiger partial charge in [0.2, 0.25) is 0 Å². The van der Waals surface area contributed by atoms with Gasteiger partial charge in [0.15, 0.2) is 11.6 Å². The van der Waals surface area contributed by atoms with Crippen molar-refractivity contribution in [3.8, 4) is 0 Å². The highest BCUT2D eigenvalue weighted by atomic mass is 19.2. The van der Waals surface area contributed by atoms with Crippen LogP contribution in [0.15, 0.2) is 12.1 Å². The lowest BCUT2D eigenvalue weighted by molar-refractivity contribution is 0.0594. The summed E-state index contributed by atoms with van der Waals surface area (Å²) in [4.78, 5) is 13.0. The van der Waals surface area contributed by atoms with E-state index in [1.807, 2.05) is 0 Å². The minimum absolute atomic E-state index is 0.0119. The fourth-order valence-electron chi connectivity index (χ4n) is 2.43. The third-order valence-electron chi connectivity index (χ3n) is 3.43. The molecule has 1 heterocycles. The second kappa shape index (κ2) is 5.52. The Balaban J connectivity index is 2.38.